The number of nitrogens with zero attached hydrogens (tertiary/aromatic N) is 2. The fraction of sp³-hybridized carbons (Fsp3) is 0.474. The van der Waals surface area contributed by atoms with Gasteiger partial charge >= 0.3 is 6.03 Å². The average Bonchev–Trinajstić information content (AvgIpc) is 3.04. The van der Waals surface area contributed by atoms with Gasteiger partial charge in [-0.25, -0.2) is 9.78 Å². The molecule has 6 heteroatoms. The lowest BCUT2D eigenvalue weighted by Gasteiger charge is -2.32. The Hall–Kier alpha value is -1.92. The van der Waals surface area contributed by atoms with Crippen LogP contribution in [-0.2, 0) is 0 Å². The maximum absolute atomic E-state index is 12.5. The Morgan fingerprint density at radius 2 is 2.04 bits per heavy atom. The minimum absolute atomic E-state index is 0.0297. The predicted molar refractivity (Wildman–Crippen MR) is 101 cm³/mol. The van der Waals surface area contributed by atoms with Crippen LogP contribution in [0, 0.1) is 12.8 Å². The number of carbonyl (C=O) groups is 1. The maximum Gasteiger partial charge on any atom is 0.317 e. The highest BCUT2D eigenvalue weighted by Gasteiger charge is 2.24. The summed E-state index contributed by atoms with van der Waals surface area (Å²) in [5.41, 5.74) is 2.07. The lowest BCUT2D eigenvalue weighted by Crippen LogP contribution is -2.45. The number of carbonyl (C=O) groups excluding carboxylic acids is 1. The molecule has 2 amide bonds. The summed E-state index contributed by atoms with van der Waals surface area (Å²) in [6, 6.07) is 10.0. The van der Waals surface area contributed by atoms with E-state index in [1.165, 1.54) is 0 Å². The third kappa shape index (κ3) is 4.19. The summed E-state index contributed by atoms with van der Waals surface area (Å²) < 4.78 is 0. The lowest BCUT2D eigenvalue weighted by molar-refractivity contribution is 0.136. The van der Waals surface area contributed by atoms with Crippen LogP contribution in [0.3, 0.4) is 0 Å². The molecule has 2 N–H and O–H groups in total. The fourth-order valence-electron chi connectivity index (χ4n) is 3.17. The van der Waals surface area contributed by atoms with Gasteiger partial charge in [0.2, 0.25) is 0 Å². The van der Waals surface area contributed by atoms with Gasteiger partial charge in [0.1, 0.15) is 5.01 Å². The van der Waals surface area contributed by atoms with Crippen LogP contribution in [0.2, 0.25) is 0 Å². The number of aromatic nitrogens is 1. The second-order valence-corrected chi connectivity index (χ2v) is 7.65. The van der Waals surface area contributed by atoms with Crippen LogP contribution in [-0.4, -0.2) is 40.7 Å². The Morgan fingerprint density at radius 1 is 1.36 bits per heavy atom. The van der Waals surface area contributed by atoms with E-state index in [0.717, 1.165) is 34.0 Å². The smallest absolute Gasteiger partial charge is 0.317 e. The molecule has 0 radical (unpaired) electrons. The molecule has 1 fully saturated rings. The zero-order valence-corrected chi connectivity index (χ0v) is 15.6. The molecule has 1 aliphatic rings. The second-order valence-electron chi connectivity index (χ2n) is 6.62. The molecule has 1 unspecified atom stereocenters. The normalized spacial score (nSPS) is 16.7. The first-order chi connectivity index (χ1) is 12.1. The van der Waals surface area contributed by atoms with Crippen LogP contribution in [0.1, 0.15) is 36.4 Å². The van der Waals surface area contributed by atoms with Crippen molar-refractivity contribution in [3.63, 3.8) is 0 Å². The highest BCUT2D eigenvalue weighted by molar-refractivity contribution is 7.15. The van der Waals surface area contributed by atoms with Crippen molar-refractivity contribution in [2.45, 2.75) is 32.7 Å². The molecular formula is C19H25N3O2S. The van der Waals surface area contributed by atoms with Crippen LogP contribution >= 0.6 is 11.3 Å². The molecule has 0 saturated carbocycles. The summed E-state index contributed by atoms with van der Waals surface area (Å²) in [7, 11) is 0. The van der Waals surface area contributed by atoms with Crippen LogP contribution in [0.4, 0.5) is 4.79 Å². The van der Waals surface area contributed by atoms with Crippen LogP contribution < -0.4 is 5.32 Å². The summed E-state index contributed by atoms with van der Waals surface area (Å²) in [6.45, 7) is 5.64. The van der Waals surface area contributed by atoms with E-state index in [2.05, 4.69) is 22.4 Å². The molecule has 134 valence electrons. The number of aryl methyl sites for hydroxylation is 1. The quantitative estimate of drug-likeness (QED) is 0.877. The molecular weight excluding hydrogens is 334 g/mol. The minimum Gasteiger partial charge on any atom is -0.396 e. The van der Waals surface area contributed by atoms with E-state index in [1.807, 2.05) is 36.9 Å². The highest BCUT2D eigenvalue weighted by atomic mass is 32.1. The number of urea groups is 1. The van der Waals surface area contributed by atoms with Crippen molar-refractivity contribution in [2.24, 2.45) is 5.92 Å². The fourth-order valence-corrected chi connectivity index (χ4v) is 4.25. The van der Waals surface area contributed by atoms with Crippen molar-refractivity contribution >= 4 is 17.4 Å². The number of aliphatic hydroxyl groups is 1. The van der Waals surface area contributed by atoms with Gasteiger partial charge < -0.3 is 15.3 Å². The van der Waals surface area contributed by atoms with Gasteiger partial charge in [-0.2, -0.15) is 0 Å². The summed E-state index contributed by atoms with van der Waals surface area (Å²) >= 11 is 1.64. The number of thiazole rings is 1. The SMILES string of the molecule is Cc1nc(-c2ccccc2)sc1C(C)NC(=O)N1CCC(CO)CC1. The molecule has 0 spiro atoms. The molecule has 2 aromatic rings. The van der Waals surface area contributed by atoms with Crippen LogP contribution in [0.25, 0.3) is 10.6 Å². The van der Waals surface area contributed by atoms with Crippen LogP contribution in [0.15, 0.2) is 30.3 Å². The molecule has 5 nitrogen and oxygen atoms in total. The number of nitrogens with one attached hydrogen (secondary N) is 1. The van der Waals surface area contributed by atoms with Crippen molar-refractivity contribution in [2.75, 3.05) is 19.7 Å². The van der Waals surface area contributed by atoms with Crippen molar-refractivity contribution in [3.8, 4) is 10.6 Å². The Kier molecular flexibility index (Phi) is 5.71. The summed E-state index contributed by atoms with van der Waals surface area (Å²) in [5, 5.41) is 13.3. The first kappa shape index (κ1) is 17.9. The molecule has 1 saturated heterocycles. The third-order valence-electron chi connectivity index (χ3n) is 4.75. The highest BCUT2D eigenvalue weighted by Crippen LogP contribution is 2.31. The lowest BCUT2D eigenvalue weighted by atomic mass is 9.98. The zero-order chi connectivity index (χ0) is 17.8. The summed E-state index contributed by atoms with van der Waals surface area (Å²) in [6.07, 6.45) is 1.74. The van der Waals surface area contributed by atoms with Gasteiger partial charge in [-0.15, -0.1) is 11.3 Å². The molecule has 0 bridgehead atoms. The summed E-state index contributed by atoms with van der Waals surface area (Å²) in [5.74, 6) is 0.332. The van der Waals surface area contributed by atoms with E-state index in [0.29, 0.717) is 19.0 Å². The molecule has 1 aromatic carbocycles. The van der Waals surface area contributed by atoms with Crippen molar-refractivity contribution in [3.05, 3.63) is 40.9 Å². The van der Waals surface area contributed by atoms with Gasteiger partial charge in [-0.1, -0.05) is 30.3 Å². The van der Waals surface area contributed by atoms with E-state index < -0.39 is 0 Å². The van der Waals surface area contributed by atoms with E-state index in [9.17, 15) is 9.90 Å². The monoisotopic (exact) mass is 359 g/mol. The van der Waals surface area contributed by atoms with E-state index >= 15 is 0 Å². The molecule has 3 rings (SSSR count). The van der Waals surface area contributed by atoms with E-state index in [-0.39, 0.29) is 18.7 Å². The number of hydrogen-bond donors (Lipinski definition) is 2. The van der Waals surface area contributed by atoms with Crippen LogP contribution in [0.5, 0.6) is 0 Å². The number of aliphatic hydroxyl groups excluding tert-OH is 1. The number of rotatable bonds is 4. The molecule has 0 aliphatic carbocycles. The maximum atomic E-state index is 12.5. The molecule has 2 heterocycles. The average molecular weight is 359 g/mol. The standard InChI is InChI=1S/C19H25N3O2S/c1-13-17(25-18(20-13)16-6-4-3-5-7-16)14(2)21-19(24)22-10-8-15(12-23)9-11-22/h3-7,14-15,23H,8-12H2,1-2H3,(H,21,24). The Labute approximate surface area is 152 Å². The van der Waals surface area contributed by atoms with E-state index in [1.54, 1.807) is 11.3 Å². The molecule has 1 atom stereocenters. The van der Waals surface area contributed by atoms with Crippen molar-refractivity contribution in [1.29, 1.82) is 0 Å². The first-order valence-corrected chi connectivity index (χ1v) is 9.59. The summed E-state index contributed by atoms with van der Waals surface area (Å²) in [4.78, 5) is 20.1. The van der Waals surface area contributed by atoms with Crippen molar-refractivity contribution in [1.82, 2.24) is 15.2 Å². The first-order valence-electron chi connectivity index (χ1n) is 8.77. The van der Waals surface area contributed by atoms with Crippen molar-refractivity contribution < 1.29 is 9.90 Å². The minimum atomic E-state index is -0.0713. The molecule has 25 heavy (non-hydrogen) atoms. The predicted octanol–water partition coefficient (Wildman–Crippen LogP) is 3.59. The molecule has 1 aliphatic heterocycles. The van der Waals surface area contributed by atoms with Gasteiger partial charge in [-0.05, 0) is 32.6 Å². The largest absolute Gasteiger partial charge is 0.396 e. The third-order valence-corrected chi connectivity index (χ3v) is 6.14. The van der Waals surface area contributed by atoms with Gasteiger partial charge in [0.05, 0.1) is 16.6 Å². The number of hydrogen-bond acceptors (Lipinski definition) is 4. The van der Waals surface area contributed by atoms with Gasteiger partial charge in [0.25, 0.3) is 0 Å². The molecule has 1 aromatic heterocycles. The number of amides is 2. The number of likely N-dealkylation sites (tertiary alicyclic amines) is 1. The zero-order valence-electron chi connectivity index (χ0n) is 14.7. The van der Waals surface area contributed by atoms with Gasteiger partial charge in [-0.3, -0.25) is 0 Å². The van der Waals surface area contributed by atoms with Gasteiger partial charge in [0.15, 0.2) is 0 Å². The van der Waals surface area contributed by atoms with Gasteiger partial charge in [0, 0.05) is 25.3 Å². The Balaban J connectivity index is 1.64. The Morgan fingerprint density at radius 3 is 2.68 bits per heavy atom. The Bertz CT molecular complexity index is 709. The topological polar surface area (TPSA) is 65.5 Å². The number of piperidine rings is 1. The number of benzene rings is 1. The second kappa shape index (κ2) is 7.97. The van der Waals surface area contributed by atoms with E-state index in [4.69, 9.17) is 0 Å².